The van der Waals surface area contributed by atoms with Crippen LogP contribution in [0.15, 0.2) is 42.5 Å². The highest BCUT2D eigenvalue weighted by atomic mass is 32.1. The molecule has 2 aromatic rings. The van der Waals surface area contributed by atoms with Crippen LogP contribution in [0.2, 0.25) is 0 Å². The van der Waals surface area contributed by atoms with Gasteiger partial charge in [0.15, 0.2) is 0 Å². The summed E-state index contributed by atoms with van der Waals surface area (Å²) in [5, 5.41) is 0. The molecular formula is C15H12F2N2OS. The molecule has 0 bridgehead atoms. The van der Waals surface area contributed by atoms with E-state index in [0.29, 0.717) is 11.3 Å². The number of nitrogens with zero attached hydrogens (tertiary/aromatic N) is 1. The van der Waals surface area contributed by atoms with E-state index < -0.39 is 17.5 Å². The Labute approximate surface area is 126 Å². The summed E-state index contributed by atoms with van der Waals surface area (Å²) in [5.74, 6) is -2.11. The first kappa shape index (κ1) is 15.1. The number of thiocarbonyl (C=S) groups is 1. The molecule has 2 aromatic carbocycles. The van der Waals surface area contributed by atoms with E-state index in [9.17, 15) is 13.6 Å². The van der Waals surface area contributed by atoms with Gasteiger partial charge in [0.1, 0.15) is 16.6 Å². The highest BCUT2D eigenvalue weighted by Gasteiger charge is 2.18. The molecule has 0 fully saturated rings. The molecule has 0 saturated heterocycles. The summed E-state index contributed by atoms with van der Waals surface area (Å²) < 4.78 is 26.8. The molecule has 108 valence electrons. The van der Waals surface area contributed by atoms with Crippen molar-refractivity contribution in [2.24, 2.45) is 5.73 Å². The van der Waals surface area contributed by atoms with Crippen LogP contribution in [0.1, 0.15) is 15.9 Å². The van der Waals surface area contributed by atoms with E-state index in [1.165, 1.54) is 11.9 Å². The minimum atomic E-state index is -0.779. The first-order chi connectivity index (χ1) is 9.90. The normalized spacial score (nSPS) is 10.2. The van der Waals surface area contributed by atoms with Crippen molar-refractivity contribution in [3.8, 4) is 0 Å². The van der Waals surface area contributed by atoms with Gasteiger partial charge in [-0.25, -0.2) is 8.78 Å². The van der Waals surface area contributed by atoms with Crippen molar-refractivity contribution in [3.05, 3.63) is 65.2 Å². The zero-order valence-corrected chi connectivity index (χ0v) is 12.0. The zero-order valence-electron chi connectivity index (χ0n) is 11.1. The molecule has 0 spiro atoms. The average molecular weight is 306 g/mol. The molecular weight excluding hydrogens is 294 g/mol. The van der Waals surface area contributed by atoms with Gasteiger partial charge in [-0.15, -0.1) is 0 Å². The first-order valence-corrected chi connectivity index (χ1v) is 6.44. The first-order valence-electron chi connectivity index (χ1n) is 6.03. The highest BCUT2D eigenvalue weighted by molar-refractivity contribution is 7.80. The van der Waals surface area contributed by atoms with Gasteiger partial charge >= 0.3 is 0 Å². The molecule has 0 atom stereocenters. The Morgan fingerprint density at radius 1 is 1.19 bits per heavy atom. The standard InChI is InChI=1S/C15H12F2N2OS/c1-19(11-4-2-3-9(7-11)14(18)21)15(20)12-8-10(16)5-6-13(12)17/h2-8H,1H3,(H2,18,21). The molecule has 0 aliphatic heterocycles. The molecule has 0 aliphatic carbocycles. The van der Waals surface area contributed by atoms with Crippen LogP contribution in [0.25, 0.3) is 0 Å². The van der Waals surface area contributed by atoms with Crippen LogP contribution < -0.4 is 10.6 Å². The minimum absolute atomic E-state index is 0.189. The number of hydrogen-bond donors (Lipinski definition) is 1. The molecule has 2 rings (SSSR count). The van der Waals surface area contributed by atoms with Gasteiger partial charge in [-0.1, -0.05) is 24.4 Å². The average Bonchev–Trinajstić information content (AvgIpc) is 2.48. The Hall–Kier alpha value is -2.34. The Morgan fingerprint density at radius 3 is 2.57 bits per heavy atom. The van der Waals surface area contributed by atoms with Gasteiger partial charge in [0, 0.05) is 18.3 Å². The van der Waals surface area contributed by atoms with Crippen LogP contribution >= 0.6 is 12.2 Å². The maximum absolute atomic E-state index is 13.6. The Bertz CT molecular complexity index is 719. The lowest BCUT2D eigenvalue weighted by molar-refractivity contribution is 0.0988. The number of nitrogens with two attached hydrogens (primary N) is 1. The van der Waals surface area contributed by atoms with Gasteiger partial charge < -0.3 is 10.6 Å². The lowest BCUT2D eigenvalue weighted by Crippen LogP contribution is -2.27. The van der Waals surface area contributed by atoms with Gasteiger partial charge in [0.25, 0.3) is 5.91 Å². The largest absolute Gasteiger partial charge is 0.389 e. The molecule has 0 heterocycles. The summed E-state index contributed by atoms with van der Waals surface area (Å²) in [5.41, 5.74) is 6.26. The van der Waals surface area contributed by atoms with Gasteiger partial charge in [-0.05, 0) is 30.3 Å². The van der Waals surface area contributed by atoms with E-state index in [1.54, 1.807) is 24.3 Å². The van der Waals surface area contributed by atoms with Gasteiger partial charge in [0.05, 0.1) is 5.56 Å². The lowest BCUT2D eigenvalue weighted by Gasteiger charge is -2.18. The molecule has 21 heavy (non-hydrogen) atoms. The molecule has 0 aromatic heterocycles. The van der Waals surface area contributed by atoms with Gasteiger partial charge in [0.2, 0.25) is 0 Å². The van der Waals surface area contributed by atoms with Crippen molar-refractivity contribution < 1.29 is 13.6 Å². The highest BCUT2D eigenvalue weighted by Crippen LogP contribution is 2.19. The van der Waals surface area contributed by atoms with E-state index in [0.717, 1.165) is 18.2 Å². The Kier molecular flexibility index (Phi) is 4.28. The van der Waals surface area contributed by atoms with E-state index in [2.05, 4.69) is 0 Å². The zero-order chi connectivity index (χ0) is 15.6. The third kappa shape index (κ3) is 3.22. The van der Waals surface area contributed by atoms with Crippen LogP contribution in [-0.2, 0) is 0 Å². The Morgan fingerprint density at radius 2 is 1.90 bits per heavy atom. The van der Waals surface area contributed by atoms with Crippen LogP contribution in [0.4, 0.5) is 14.5 Å². The number of carbonyl (C=O) groups excluding carboxylic acids is 1. The van der Waals surface area contributed by atoms with Crippen LogP contribution in [0.3, 0.4) is 0 Å². The van der Waals surface area contributed by atoms with Crippen LogP contribution in [-0.4, -0.2) is 17.9 Å². The van der Waals surface area contributed by atoms with Crippen molar-refractivity contribution in [1.29, 1.82) is 0 Å². The molecule has 0 saturated carbocycles. The van der Waals surface area contributed by atoms with E-state index in [-0.39, 0.29) is 10.6 Å². The number of rotatable bonds is 3. The summed E-state index contributed by atoms with van der Waals surface area (Å²) in [6.07, 6.45) is 0. The fourth-order valence-corrected chi connectivity index (χ4v) is 1.95. The second-order valence-corrected chi connectivity index (χ2v) is 4.84. The van der Waals surface area contributed by atoms with Crippen molar-refractivity contribution >= 4 is 28.8 Å². The lowest BCUT2D eigenvalue weighted by atomic mass is 10.1. The molecule has 6 heteroatoms. The summed E-state index contributed by atoms with van der Waals surface area (Å²) in [7, 11) is 1.46. The van der Waals surface area contributed by atoms with Crippen molar-refractivity contribution in [2.45, 2.75) is 0 Å². The molecule has 0 aliphatic rings. The maximum atomic E-state index is 13.6. The fourth-order valence-electron chi connectivity index (χ4n) is 1.83. The quantitative estimate of drug-likeness (QED) is 0.887. The van der Waals surface area contributed by atoms with Crippen LogP contribution in [0.5, 0.6) is 0 Å². The summed E-state index contributed by atoms with van der Waals surface area (Å²) in [4.78, 5) is 13.7. The summed E-state index contributed by atoms with van der Waals surface area (Å²) >= 11 is 4.87. The van der Waals surface area contributed by atoms with Crippen LogP contribution in [0, 0.1) is 11.6 Å². The van der Waals surface area contributed by atoms with Crippen molar-refractivity contribution in [1.82, 2.24) is 0 Å². The smallest absolute Gasteiger partial charge is 0.261 e. The fraction of sp³-hybridized carbons (Fsp3) is 0.0667. The molecule has 0 radical (unpaired) electrons. The predicted molar refractivity (Wildman–Crippen MR) is 81.4 cm³/mol. The second-order valence-electron chi connectivity index (χ2n) is 4.40. The van der Waals surface area contributed by atoms with E-state index in [1.807, 2.05) is 0 Å². The van der Waals surface area contributed by atoms with Gasteiger partial charge in [-0.2, -0.15) is 0 Å². The van der Waals surface area contributed by atoms with E-state index in [4.69, 9.17) is 18.0 Å². The van der Waals surface area contributed by atoms with E-state index >= 15 is 0 Å². The maximum Gasteiger partial charge on any atom is 0.261 e. The van der Waals surface area contributed by atoms with Crippen molar-refractivity contribution in [2.75, 3.05) is 11.9 Å². The second kappa shape index (κ2) is 5.97. The third-order valence-corrected chi connectivity index (χ3v) is 3.22. The predicted octanol–water partition coefficient (Wildman–Crippen LogP) is 2.88. The number of halogens is 2. The number of amides is 1. The molecule has 2 N–H and O–H groups in total. The Balaban J connectivity index is 2.37. The summed E-state index contributed by atoms with van der Waals surface area (Å²) in [6, 6.07) is 9.38. The third-order valence-electron chi connectivity index (χ3n) is 2.98. The van der Waals surface area contributed by atoms with Crippen molar-refractivity contribution in [3.63, 3.8) is 0 Å². The molecule has 0 unspecified atom stereocenters. The summed E-state index contributed by atoms with van der Waals surface area (Å²) in [6.45, 7) is 0. The number of benzene rings is 2. The molecule has 1 amide bonds. The number of hydrogen-bond acceptors (Lipinski definition) is 2. The SMILES string of the molecule is CN(C(=O)c1cc(F)ccc1F)c1cccc(C(N)=S)c1. The number of anilines is 1. The number of carbonyl (C=O) groups is 1. The monoisotopic (exact) mass is 306 g/mol. The molecule has 3 nitrogen and oxygen atoms in total. The minimum Gasteiger partial charge on any atom is -0.389 e. The topological polar surface area (TPSA) is 46.3 Å². The van der Waals surface area contributed by atoms with Gasteiger partial charge in [-0.3, -0.25) is 4.79 Å².